The largest absolute Gasteiger partial charge is 0.370 e. The van der Waals surface area contributed by atoms with Crippen molar-refractivity contribution in [1.29, 1.82) is 0 Å². The standard InChI is InChI=1S/C16H27N3O2/c1-20-16(8-4-2-3-5-9-16)15-18-14(21-19-15)11-13-7-6-10-17-12-13/h13,17H,2-12H2,1H3. The molecular weight excluding hydrogens is 266 g/mol. The van der Waals surface area contributed by atoms with Crippen molar-refractivity contribution in [1.82, 2.24) is 15.5 Å². The van der Waals surface area contributed by atoms with Gasteiger partial charge in [0.2, 0.25) is 11.7 Å². The second-order valence-corrected chi connectivity index (χ2v) is 6.54. The molecule has 21 heavy (non-hydrogen) atoms. The van der Waals surface area contributed by atoms with Gasteiger partial charge in [0, 0.05) is 13.5 Å². The summed E-state index contributed by atoms with van der Waals surface area (Å²) < 4.78 is 11.4. The zero-order valence-corrected chi connectivity index (χ0v) is 13.1. The Labute approximate surface area is 126 Å². The molecule has 1 atom stereocenters. The van der Waals surface area contributed by atoms with Gasteiger partial charge >= 0.3 is 0 Å². The molecule has 0 amide bonds. The van der Waals surface area contributed by atoms with Crippen molar-refractivity contribution in [3.8, 4) is 0 Å². The van der Waals surface area contributed by atoms with Crippen LogP contribution in [0.25, 0.3) is 0 Å². The predicted octanol–water partition coefficient (Wildman–Crippen LogP) is 2.81. The highest BCUT2D eigenvalue weighted by Crippen LogP contribution is 2.37. The van der Waals surface area contributed by atoms with Gasteiger partial charge in [0.15, 0.2) is 0 Å². The average Bonchev–Trinajstić information content (AvgIpc) is 2.85. The molecule has 1 N–H and O–H groups in total. The van der Waals surface area contributed by atoms with Gasteiger partial charge in [-0.2, -0.15) is 4.98 Å². The molecule has 1 aliphatic carbocycles. The van der Waals surface area contributed by atoms with Crippen LogP contribution in [-0.2, 0) is 16.8 Å². The first-order valence-corrected chi connectivity index (χ1v) is 8.41. The number of ether oxygens (including phenoxy) is 1. The van der Waals surface area contributed by atoms with E-state index in [2.05, 4.69) is 15.5 Å². The lowest BCUT2D eigenvalue weighted by molar-refractivity contribution is -0.0365. The molecule has 2 fully saturated rings. The first-order valence-electron chi connectivity index (χ1n) is 8.41. The molecule has 1 aliphatic heterocycles. The van der Waals surface area contributed by atoms with E-state index in [9.17, 15) is 0 Å². The van der Waals surface area contributed by atoms with Crippen LogP contribution in [0.3, 0.4) is 0 Å². The molecular formula is C16H27N3O2. The molecule has 3 rings (SSSR count). The number of piperidine rings is 1. The van der Waals surface area contributed by atoms with Gasteiger partial charge in [-0.3, -0.25) is 0 Å². The molecule has 0 spiro atoms. The van der Waals surface area contributed by atoms with Gasteiger partial charge in [-0.25, -0.2) is 0 Å². The molecule has 118 valence electrons. The molecule has 5 nitrogen and oxygen atoms in total. The maximum absolute atomic E-state index is 5.85. The van der Waals surface area contributed by atoms with E-state index in [0.29, 0.717) is 5.92 Å². The van der Waals surface area contributed by atoms with Crippen LogP contribution < -0.4 is 5.32 Å². The van der Waals surface area contributed by atoms with Gasteiger partial charge in [0.05, 0.1) is 0 Å². The predicted molar refractivity (Wildman–Crippen MR) is 80.0 cm³/mol. The van der Waals surface area contributed by atoms with Crippen molar-refractivity contribution >= 4 is 0 Å². The third kappa shape index (κ3) is 3.46. The Bertz CT molecular complexity index is 432. The van der Waals surface area contributed by atoms with E-state index in [4.69, 9.17) is 9.26 Å². The van der Waals surface area contributed by atoms with Crippen molar-refractivity contribution in [2.45, 2.75) is 63.4 Å². The smallest absolute Gasteiger partial charge is 0.227 e. The van der Waals surface area contributed by atoms with Crippen molar-refractivity contribution in [2.24, 2.45) is 5.92 Å². The second-order valence-electron chi connectivity index (χ2n) is 6.54. The molecule has 0 radical (unpaired) electrons. The van der Waals surface area contributed by atoms with Gasteiger partial charge in [0.25, 0.3) is 0 Å². The molecule has 1 saturated carbocycles. The maximum atomic E-state index is 5.85. The minimum Gasteiger partial charge on any atom is -0.370 e. The highest BCUT2D eigenvalue weighted by molar-refractivity contribution is 5.03. The molecule has 1 unspecified atom stereocenters. The van der Waals surface area contributed by atoms with Crippen LogP contribution in [0.2, 0.25) is 0 Å². The lowest BCUT2D eigenvalue weighted by Gasteiger charge is -2.27. The summed E-state index contributed by atoms with van der Waals surface area (Å²) in [4.78, 5) is 4.68. The summed E-state index contributed by atoms with van der Waals surface area (Å²) in [5.74, 6) is 2.17. The van der Waals surface area contributed by atoms with E-state index < -0.39 is 0 Å². The molecule has 0 aromatic carbocycles. The Morgan fingerprint density at radius 1 is 1.24 bits per heavy atom. The van der Waals surface area contributed by atoms with Crippen LogP contribution >= 0.6 is 0 Å². The van der Waals surface area contributed by atoms with Crippen LogP contribution in [0.1, 0.15) is 63.1 Å². The van der Waals surface area contributed by atoms with Crippen molar-refractivity contribution < 1.29 is 9.26 Å². The van der Waals surface area contributed by atoms with Crippen LogP contribution in [0.5, 0.6) is 0 Å². The number of rotatable bonds is 4. The fourth-order valence-electron chi connectivity index (χ4n) is 3.69. The Morgan fingerprint density at radius 2 is 2.05 bits per heavy atom. The van der Waals surface area contributed by atoms with Crippen molar-refractivity contribution in [2.75, 3.05) is 20.2 Å². The van der Waals surface area contributed by atoms with Crippen LogP contribution in [0.4, 0.5) is 0 Å². The highest BCUT2D eigenvalue weighted by atomic mass is 16.5. The zero-order chi connectivity index (χ0) is 14.5. The van der Waals surface area contributed by atoms with Crippen molar-refractivity contribution in [3.05, 3.63) is 11.7 Å². The summed E-state index contributed by atoms with van der Waals surface area (Å²) in [7, 11) is 1.78. The molecule has 2 aliphatic rings. The van der Waals surface area contributed by atoms with Gasteiger partial charge in [-0.15, -0.1) is 0 Å². The number of nitrogens with zero attached hydrogens (tertiary/aromatic N) is 2. The molecule has 5 heteroatoms. The van der Waals surface area contributed by atoms with E-state index in [-0.39, 0.29) is 5.60 Å². The topological polar surface area (TPSA) is 60.2 Å². The summed E-state index contributed by atoms with van der Waals surface area (Å²) in [6.45, 7) is 2.20. The average molecular weight is 293 g/mol. The lowest BCUT2D eigenvalue weighted by atomic mass is 9.93. The van der Waals surface area contributed by atoms with E-state index >= 15 is 0 Å². The first kappa shape index (κ1) is 15.0. The van der Waals surface area contributed by atoms with Gasteiger partial charge in [0.1, 0.15) is 5.60 Å². The molecule has 2 heterocycles. The van der Waals surface area contributed by atoms with E-state index in [1.165, 1.54) is 38.5 Å². The Hall–Kier alpha value is -0.940. The third-order valence-corrected chi connectivity index (χ3v) is 5.04. The summed E-state index contributed by atoms with van der Waals surface area (Å²) in [5, 5.41) is 7.70. The van der Waals surface area contributed by atoms with Gasteiger partial charge < -0.3 is 14.6 Å². The molecule has 1 aromatic heterocycles. The zero-order valence-electron chi connectivity index (χ0n) is 13.1. The van der Waals surface area contributed by atoms with Gasteiger partial charge in [-0.1, -0.05) is 30.8 Å². The Balaban J connectivity index is 1.69. The number of nitrogens with one attached hydrogen (secondary N) is 1. The number of hydrogen-bond donors (Lipinski definition) is 1. The van der Waals surface area contributed by atoms with Crippen LogP contribution in [0, 0.1) is 5.92 Å². The fourth-order valence-corrected chi connectivity index (χ4v) is 3.69. The number of aromatic nitrogens is 2. The lowest BCUT2D eigenvalue weighted by Crippen LogP contribution is -2.31. The third-order valence-electron chi connectivity index (χ3n) is 5.04. The Kier molecular flexibility index (Phi) is 4.91. The maximum Gasteiger partial charge on any atom is 0.227 e. The summed E-state index contributed by atoms with van der Waals surface area (Å²) >= 11 is 0. The quantitative estimate of drug-likeness (QED) is 0.865. The van der Waals surface area contributed by atoms with E-state index in [1.807, 2.05) is 0 Å². The number of hydrogen-bond acceptors (Lipinski definition) is 5. The van der Waals surface area contributed by atoms with Crippen LogP contribution in [-0.4, -0.2) is 30.3 Å². The molecule has 1 saturated heterocycles. The van der Waals surface area contributed by atoms with Crippen LogP contribution in [0.15, 0.2) is 4.52 Å². The Morgan fingerprint density at radius 3 is 2.71 bits per heavy atom. The first-order chi connectivity index (χ1) is 10.3. The van der Waals surface area contributed by atoms with Crippen molar-refractivity contribution in [3.63, 3.8) is 0 Å². The summed E-state index contributed by atoms with van der Waals surface area (Å²) in [5.41, 5.74) is -0.316. The minimum atomic E-state index is -0.316. The summed E-state index contributed by atoms with van der Waals surface area (Å²) in [6.07, 6.45) is 10.3. The minimum absolute atomic E-state index is 0.316. The number of methoxy groups -OCH3 is 1. The normalized spacial score (nSPS) is 26.4. The molecule has 0 bridgehead atoms. The second kappa shape index (κ2) is 6.88. The highest BCUT2D eigenvalue weighted by Gasteiger charge is 2.37. The van der Waals surface area contributed by atoms with E-state index in [1.54, 1.807) is 7.11 Å². The molecule has 1 aromatic rings. The fraction of sp³-hybridized carbons (Fsp3) is 0.875. The monoisotopic (exact) mass is 293 g/mol. The SMILES string of the molecule is COC1(c2noc(CC3CCCNC3)n2)CCCCCC1. The summed E-state index contributed by atoms with van der Waals surface area (Å²) in [6, 6.07) is 0. The van der Waals surface area contributed by atoms with E-state index in [0.717, 1.165) is 44.1 Å². The van der Waals surface area contributed by atoms with Gasteiger partial charge in [-0.05, 0) is 44.7 Å².